The van der Waals surface area contributed by atoms with E-state index in [1.54, 1.807) is 12.3 Å². The molecule has 0 bridgehead atoms. The predicted molar refractivity (Wildman–Crippen MR) is 78.6 cm³/mol. The van der Waals surface area contributed by atoms with Crippen molar-refractivity contribution in [2.45, 2.75) is 32.9 Å². The number of amides is 1. The van der Waals surface area contributed by atoms with E-state index in [4.69, 9.17) is 4.74 Å². The Bertz CT molecular complexity index is 596. The van der Waals surface area contributed by atoms with Gasteiger partial charge in [0.2, 0.25) is 11.8 Å². The van der Waals surface area contributed by atoms with E-state index in [2.05, 4.69) is 10.3 Å². The summed E-state index contributed by atoms with van der Waals surface area (Å²) >= 11 is 0. The average Bonchev–Trinajstić information content (AvgIpc) is 2.77. The minimum atomic E-state index is -3.03. The topological polar surface area (TPSA) is 85.4 Å². The van der Waals surface area contributed by atoms with Crippen molar-refractivity contribution in [3.8, 4) is 5.88 Å². The van der Waals surface area contributed by atoms with Crippen molar-refractivity contribution in [2.75, 3.05) is 11.5 Å². The summed E-state index contributed by atoms with van der Waals surface area (Å²) in [5, 5.41) is 2.75. The quantitative estimate of drug-likeness (QED) is 0.874. The highest BCUT2D eigenvalue weighted by Crippen LogP contribution is 2.18. The van der Waals surface area contributed by atoms with E-state index in [0.717, 1.165) is 5.56 Å². The monoisotopic (exact) mass is 312 g/mol. The number of nitrogens with one attached hydrogen (secondary N) is 1. The SMILES string of the molecule is CC(C)Oc1ccc(CNC(=O)[C@@H]2CCS(=O)(=O)C2)cn1. The Morgan fingerprint density at radius 2 is 2.24 bits per heavy atom. The first-order valence-corrected chi connectivity index (χ1v) is 8.77. The highest BCUT2D eigenvalue weighted by molar-refractivity contribution is 7.91. The molecule has 0 radical (unpaired) electrons. The Balaban J connectivity index is 1.84. The largest absolute Gasteiger partial charge is 0.475 e. The van der Waals surface area contributed by atoms with Gasteiger partial charge in [0.1, 0.15) is 0 Å². The van der Waals surface area contributed by atoms with Crippen LogP contribution in [0, 0.1) is 5.92 Å². The molecule has 1 fully saturated rings. The van der Waals surface area contributed by atoms with Crippen LogP contribution in [0.3, 0.4) is 0 Å². The van der Waals surface area contributed by atoms with Gasteiger partial charge >= 0.3 is 0 Å². The molecule has 0 spiro atoms. The van der Waals surface area contributed by atoms with Crippen LogP contribution in [0.25, 0.3) is 0 Å². The minimum absolute atomic E-state index is 0.0434. The molecule has 0 aliphatic carbocycles. The van der Waals surface area contributed by atoms with Crippen LogP contribution in [0.1, 0.15) is 25.8 Å². The molecule has 1 saturated heterocycles. The number of aromatic nitrogens is 1. The zero-order valence-corrected chi connectivity index (χ0v) is 13.0. The van der Waals surface area contributed by atoms with Gasteiger partial charge in [0, 0.05) is 18.8 Å². The van der Waals surface area contributed by atoms with Crippen LogP contribution in [0.5, 0.6) is 5.88 Å². The third-order valence-electron chi connectivity index (χ3n) is 3.22. The van der Waals surface area contributed by atoms with Crippen molar-refractivity contribution in [1.29, 1.82) is 0 Å². The van der Waals surface area contributed by atoms with Gasteiger partial charge in [0.25, 0.3) is 0 Å². The maximum absolute atomic E-state index is 11.9. The lowest BCUT2D eigenvalue weighted by atomic mass is 10.1. The molecule has 7 heteroatoms. The highest BCUT2D eigenvalue weighted by atomic mass is 32.2. The third-order valence-corrected chi connectivity index (χ3v) is 4.99. The number of ether oxygens (including phenoxy) is 1. The molecular formula is C14H20N2O4S. The lowest BCUT2D eigenvalue weighted by molar-refractivity contribution is -0.124. The van der Waals surface area contributed by atoms with E-state index in [9.17, 15) is 13.2 Å². The Labute approximate surface area is 124 Å². The van der Waals surface area contributed by atoms with Gasteiger partial charge < -0.3 is 10.1 Å². The van der Waals surface area contributed by atoms with E-state index in [1.165, 1.54) is 0 Å². The fourth-order valence-corrected chi connectivity index (χ4v) is 3.90. The number of nitrogens with zero attached hydrogens (tertiary/aromatic N) is 1. The average molecular weight is 312 g/mol. The molecule has 116 valence electrons. The highest BCUT2D eigenvalue weighted by Gasteiger charge is 2.32. The number of rotatable bonds is 5. The molecule has 2 rings (SSSR count). The number of sulfone groups is 1. The number of carbonyl (C=O) groups is 1. The second-order valence-electron chi connectivity index (χ2n) is 5.49. The lowest BCUT2D eigenvalue weighted by Crippen LogP contribution is -2.30. The molecule has 2 heterocycles. The number of carbonyl (C=O) groups excluding carboxylic acids is 1. The van der Waals surface area contributed by atoms with Gasteiger partial charge in [-0.25, -0.2) is 13.4 Å². The fourth-order valence-electron chi connectivity index (χ4n) is 2.16. The maximum Gasteiger partial charge on any atom is 0.224 e. The first-order chi connectivity index (χ1) is 9.85. The van der Waals surface area contributed by atoms with E-state index in [1.807, 2.05) is 19.9 Å². The molecular weight excluding hydrogens is 292 g/mol. The summed E-state index contributed by atoms with van der Waals surface area (Å²) in [7, 11) is -3.03. The zero-order chi connectivity index (χ0) is 15.5. The molecule has 1 aromatic heterocycles. The van der Waals surface area contributed by atoms with Gasteiger partial charge in [-0.2, -0.15) is 0 Å². The normalized spacial score (nSPS) is 20.4. The second kappa shape index (κ2) is 6.43. The lowest BCUT2D eigenvalue weighted by Gasteiger charge is -2.11. The Kier molecular flexibility index (Phi) is 4.82. The summed E-state index contributed by atoms with van der Waals surface area (Å²) in [6, 6.07) is 3.58. The number of pyridine rings is 1. The Morgan fingerprint density at radius 3 is 2.76 bits per heavy atom. The van der Waals surface area contributed by atoms with Crippen LogP contribution in [0.15, 0.2) is 18.3 Å². The molecule has 1 aromatic rings. The van der Waals surface area contributed by atoms with Crippen molar-refractivity contribution in [3.05, 3.63) is 23.9 Å². The van der Waals surface area contributed by atoms with E-state index in [0.29, 0.717) is 18.8 Å². The second-order valence-corrected chi connectivity index (χ2v) is 7.72. The number of hydrogen-bond acceptors (Lipinski definition) is 5. The zero-order valence-electron chi connectivity index (χ0n) is 12.2. The van der Waals surface area contributed by atoms with Crippen LogP contribution in [0.2, 0.25) is 0 Å². The van der Waals surface area contributed by atoms with E-state index >= 15 is 0 Å². The van der Waals surface area contributed by atoms with Gasteiger partial charge in [-0.05, 0) is 25.8 Å². The number of hydrogen-bond donors (Lipinski definition) is 1. The van der Waals surface area contributed by atoms with Crippen LogP contribution in [-0.2, 0) is 21.2 Å². The fraction of sp³-hybridized carbons (Fsp3) is 0.571. The maximum atomic E-state index is 11.9. The molecule has 0 aromatic carbocycles. The van der Waals surface area contributed by atoms with Crippen molar-refractivity contribution < 1.29 is 17.9 Å². The van der Waals surface area contributed by atoms with E-state index < -0.39 is 15.8 Å². The molecule has 1 atom stereocenters. The molecule has 21 heavy (non-hydrogen) atoms. The molecule has 1 aliphatic rings. The first-order valence-electron chi connectivity index (χ1n) is 6.95. The third kappa shape index (κ3) is 4.70. The summed E-state index contributed by atoms with van der Waals surface area (Å²) in [6.07, 6.45) is 2.11. The van der Waals surface area contributed by atoms with Gasteiger partial charge in [-0.3, -0.25) is 4.79 Å². The van der Waals surface area contributed by atoms with Crippen molar-refractivity contribution in [2.24, 2.45) is 5.92 Å². The van der Waals surface area contributed by atoms with Crippen molar-refractivity contribution in [3.63, 3.8) is 0 Å². The summed E-state index contributed by atoms with van der Waals surface area (Å²) in [4.78, 5) is 16.0. The Morgan fingerprint density at radius 1 is 1.48 bits per heavy atom. The van der Waals surface area contributed by atoms with Gasteiger partial charge in [0.15, 0.2) is 9.84 Å². The summed E-state index contributed by atoms with van der Waals surface area (Å²) < 4.78 is 28.1. The van der Waals surface area contributed by atoms with Crippen molar-refractivity contribution >= 4 is 15.7 Å². The summed E-state index contributed by atoms with van der Waals surface area (Å²) in [6.45, 7) is 4.18. The molecule has 1 N–H and O–H groups in total. The minimum Gasteiger partial charge on any atom is -0.475 e. The molecule has 1 aliphatic heterocycles. The van der Waals surface area contributed by atoms with Gasteiger partial charge in [-0.1, -0.05) is 6.07 Å². The van der Waals surface area contributed by atoms with Crippen LogP contribution < -0.4 is 10.1 Å². The molecule has 0 saturated carbocycles. The standard InChI is InChI=1S/C14H20N2O4S/c1-10(2)20-13-4-3-11(7-15-13)8-16-14(17)12-5-6-21(18,19)9-12/h3-4,7,10,12H,5-6,8-9H2,1-2H3,(H,16,17)/t12-/m1/s1. The Hall–Kier alpha value is -1.63. The smallest absolute Gasteiger partial charge is 0.224 e. The van der Waals surface area contributed by atoms with Crippen LogP contribution in [-0.4, -0.2) is 36.9 Å². The van der Waals surface area contributed by atoms with Gasteiger partial charge in [0.05, 0.1) is 23.5 Å². The van der Waals surface area contributed by atoms with E-state index in [-0.39, 0.29) is 23.5 Å². The molecule has 0 unspecified atom stereocenters. The van der Waals surface area contributed by atoms with Crippen molar-refractivity contribution in [1.82, 2.24) is 10.3 Å². The van der Waals surface area contributed by atoms with Crippen LogP contribution in [0.4, 0.5) is 0 Å². The summed E-state index contributed by atoms with van der Waals surface area (Å²) in [5.74, 6) is -0.0291. The molecule has 1 amide bonds. The summed E-state index contributed by atoms with van der Waals surface area (Å²) in [5.41, 5.74) is 0.848. The van der Waals surface area contributed by atoms with Gasteiger partial charge in [-0.15, -0.1) is 0 Å². The van der Waals surface area contributed by atoms with Crippen LogP contribution >= 0.6 is 0 Å². The predicted octanol–water partition coefficient (Wildman–Crippen LogP) is 0.920. The first kappa shape index (κ1) is 15.8. The molecule has 6 nitrogen and oxygen atoms in total.